The van der Waals surface area contributed by atoms with Crippen LogP contribution in [-0.2, 0) is 0 Å². The summed E-state index contributed by atoms with van der Waals surface area (Å²) in [6.45, 7) is 0. The monoisotopic (exact) mass is 784 g/mol. The molecule has 2 nitrogen and oxygen atoms in total. The number of aromatic nitrogens is 2. The second-order valence-corrected chi connectivity index (χ2v) is 20.5. The van der Waals surface area contributed by atoms with Crippen LogP contribution < -0.4 is 15.9 Å². The van der Waals surface area contributed by atoms with Gasteiger partial charge in [-0.05, 0) is 28.3 Å². The molecule has 11 rings (SSSR count). The Bertz CT molecular complexity index is 3330. The van der Waals surface area contributed by atoms with Gasteiger partial charge in [-0.15, -0.1) is 0 Å². The van der Waals surface area contributed by atoms with Gasteiger partial charge in [0, 0.05) is 10.8 Å². The summed E-state index contributed by atoms with van der Waals surface area (Å²) in [6, 6.07) is 73.3. The first kappa shape index (κ1) is 32.4. The van der Waals surface area contributed by atoms with Crippen molar-refractivity contribution < 1.29 is 0 Å². The van der Waals surface area contributed by atoms with E-state index in [2.05, 4.69) is 220 Å². The molecule has 0 fully saturated rings. The summed E-state index contributed by atoms with van der Waals surface area (Å²) in [5.74, 6) is 0. The maximum absolute atomic E-state index is 5.22. The molecule has 9 aromatic carbocycles. The molecule has 258 valence electrons. The van der Waals surface area contributed by atoms with E-state index in [-0.39, 0.29) is 0 Å². The van der Waals surface area contributed by atoms with E-state index in [4.69, 9.17) is 4.98 Å². The number of rotatable bonds is 5. The second-order valence-electron chi connectivity index (χ2n) is 14.3. The summed E-state index contributed by atoms with van der Waals surface area (Å²) in [7, 11) is 0. The summed E-state index contributed by atoms with van der Waals surface area (Å²) in [5, 5.41) is 12.6. The van der Waals surface area contributed by atoms with Gasteiger partial charge in [0.25, 0.3) is 0 Å². The summed E-state index contributed by atoms with van der Waals surface area (Å²) in [4.78, 5) is 5.22. The van der Waals surface area contributed by atoms with E-state index in [9.17, 15) is 0 Å². The molecule has 0 bridgehead atoms. The molecular formula is C51H33N2PSe. The molecule has 2 aromatic heterocycles. The molecule has 0 N–H and O–H groups in total. The van der Waals surface area contributed by atoms with Crippen molar-refractivity contribution in [2.45, 2.75) is 0 Å². The van der Waals surface area contributed by atoms with Crippen molar-refractivity contribution in [3.63, 3.8) is 0 Å². The first-order chi connectivity index (χ1) is 27.1. The summed E-state index contributed by atoms with van der Waals surface area (Å²) < 4.78 is 2.36. The number of pyridine rings is 1. The zero-order chi connectivity index (χ0) is 36.5. The summed E-state index contributed by atoms with van der Waals surface area (Å²) in [5.41, 5.74) is 7.07. The van der Waals surface area contributed by atoms with Crippen molar-refractivity contribution in [1.82, 2.24) is 9.38 Å². The SMILES string of the molecule is [Se]=P(c1ccccc1)(c1ccc(-c2ccc(-c3ccc4c5ccc6ccccc6c5c5nc6ccccc6n5c4c3)cc2)cc1)c1ccc2ccccc2c1. The van der Waals surface area contributed by atoms with Gasteiger partial charge in [0.2, 0.25) is 0 Å². The molecule has 0 saturated carbocycles. The molecule has 1 unspecified atom stereocenters. The zero-order valence-electron chi connectivity index (χ0n) is 29.8. The quantitative estimate of drug-likeness (QED) is 0.0965. The van der Waals surface area contributed by atoms with Crippen LogP contribution in [0.25, 0.3) is 82.2 Å². The van der Waals surface area contributed by atoms with Crippen LogP contribution in [0.15, 0.2) is 200 Å². The molecule has 11 aromatic rings. The number of benzene rings is 9. The number of nitrogens with zero attached hydrogens (tertiary/aromatic N) is 2. The Labute approximate surface area is 326 Å². The Morgan fingerprint density at radius 2 is 0.945 bits per heavy atom. The van der Waals surface area contributed by atoms with Crippen LogP contribution in [0.2, 0.25) is 0 Å². The van der Waals surface area contributed by atoms with Crippen molar-refractivity contribution in [3.8, 4) is 22.3 Å². The van der Waals surface area contributed by atoms with E-state index in [0.717, 1.165) is 22.2 Å². The van der Waals surface area contributed by atoms with E-state index in [0.29, 0.717) is 0 Å². The molecule has 0 radical (unpaired) electrons. The van der Waals surface area contributed by atoms with Crippen LogP contribution in [0.1, 0.15) is 0 Å². The number of para-hydroxylation sites is 2. The Morgan fingerprint density at radius 1 is 0.382 bits per heavy atom. The van der Waals surface area contributed by atoms with Gasteiger partial charge >= 0.3 is 215 Å². The number of imidazole rings is 1. The fourth-order valence-electron chi connectivity index (χ4n) is 8.48. The first-order valence-electron chi connectivity index (χ1n) is 18.6. The molecule has 0 amide bonds. The van der Waals surface area contributed by atoms with E-state index >= 15 is 0 Å². The van der Waals surface area contributed by atoms with Gasteiger partial charge in [0.1, 0.15) is 5.65 Å². The van der Waals surface area contributed by atoms with Crippen LogP contribution in [0.4, 0.5) is 0 Å². The Balaban J connectivity index is 0.988. The van der Waals surface area contributed by atoms with Gasteiger partial charge in [0.15, 0.2) is 0 Å². The molecule has 0 aliphatic carbocycles. The molecule has 55 heavy (non-hydrogen) atoms. The van der Waals surface area contributed by atoms with Crippen molar-refractivity contribution in [2.24, 2.45) is 0 Å². The topological polar surface area (TPSA) is 17.3 Å². The van der Waals surface area contributed by atoms with Crippen LogP contribution in [-0.4, -0.2) is 24.5 Å². The van der Waals surface area contributed by atoms with Gasteiger partial charge in [-0.1, -0.05) is 48.5 Å². The van der Waals surface area contributed by atoms with Gasteiger partial charge in [-0.3, -0.25) is 4.40 Å². The molecule has 1 atom stereocenters. The number of hydrogen-bond donors (Lipinski definition) is 0. The van der Waals surface area contributed by atoms with Gasteiger partial charge in [-0.2, -0.15) is 0 Å². The van der Waals surface area contributed by atoms with Crippen molar-refractivity contribution >= 4 is 96.4 Å². The third-order valence-corrected chi connectivity index (χ3v) is 18.3. The van der Waals surface area contributed by atoms with Gasteiger partial charge in [-0.25, -0.2) is 4.98 Å². The third kappa shape index (κ3) is 5.16. The van der Waals surface area contributed by atoms with Crippen LogP contribution in [0.3, 0.4) is 0 Å². The standard InChI is InChI=1S/C51H33N2PSe/c55-54(41-13-2-1-3-14-41,43-29-24-34-10-4-5-12-39(34)32-43)42-27-22-36(23-28-42)35-18-20-37(21-19-35)40-26-30-45-46-31-25-38-11-6-7-15-44(38)50(46)51-52-47-16-8-9-17-48(47)53(51)49(45)33-40/h1-33H. The molecule has 2 heterocycles. The van der Waals surface area contributed by atoms with Crippen molar-refractivity contribution in [2.75, 3.05) is 0 Å². The molecule has 0 aliphatic heterocycles. The average Bonchev–Trinajstić information content (AvgIpc) is 3.66. The average molecular weight is 784 g/mol. The van der Waals surface area contributed by atoms with Crippen LogP contribution in [0.5, 0.6) is 0 Å². The van der Waals surface area contributed by atoms with Crippen molar-refractivity contribution in [1.29, 1.82) is 0 Å². The number of fused-ring (bicyclic) bond motifs is 11. The Morgan fingerprint density at radius 3 is 1.75 bits per heavy atom. The molecule has 0 saturated heterocycles. The summed E-state index contributed by atoms with van der Waals surface area (Å²) >= 11 is 3.74. The van der Waals surface area contributed by atoms with E-state index in [1.807, 2.05) is 0 Å². The third-order valence-electron chi connectivity index (χ3n) is 11.2. The second kappa shape index (κ2) is 12.8. The van der Waals surface area contributed by atoms with E-state index in [1.165, 1.54) is 75.9 Å². The Hall–Kier alpha value is -6.08. The Kier molecular flexibility index (Phi) is 7.51. The fraction of sp³-hybridized carbons (Fsp3) is 0. The van der Waals surface area contributed by atoms with Gasteiger partial charge in [0.05, 0.1) is 11.0 Å². The zero-order valence-corrected chi connectivity index (χ0v) is 32.4. The van der Waals surface area contributed by atoms with Crippen LogP contribution in [0, 0.1) is 0 Å². The predicted molar refractivity (Wildman–Crippen MR) is 238 cm³/mol. The molecule has 0 spiro atoms. The summed E-state index contributed by atoms with van der Waals surface area (Å²) in [6.07, 6.45) is 0. The van der Waals surface area contributed by atoms with Gasteiger partial charge < -0.3 is 0 Å². The number of hydrogen-bond acceptors (Lipinski definition) is 1. The normalized spacial score (nSPS) is 12.9. The van der Waals surface area contributed by atoms with E-state index < -0.39 is 5.51 Å². The fourth-order valence-corrected chi connectivity index (χ4v) is 13.4. The maximum atomic E-state index is 5.22. The molecule has 0 aliphatic rings. The minimum atomic E-state index is -2.00. The van der Waals surface area contributed by atoms with Crippen molar-refractivity contribution in [3.05, 3.63) is 200 Å². The van der Waals surface area contributed by atoms with Crippen LogP contribution >= 0.6 is 5.51 Å². The molecular weight excluding hydrogens is 751 g/mol. The minimum absolute atomic E-state index is 1.00. The predicted octanol–water partition coefficient (Wildman–Crippen LogP) is 11.8. The van der Waals surface area contributed by atoms with E-state index in [1.54, 1.807) is 0 Å². The first-order valence-corrected chi connectivity index (χ1v) is 22.6. The molecule has 4 heteroatoms.